The minimum atomic E-state index is -0.605. The van der Waals surface area contributed by atoms with E-state index in [1.165, 1.54) is 30.5 Å². The molecule has 20 heavy (non-hydrogen) atoms. The average Bonchev–Trinajstić information content (AvgIpc) is 2.46. The lowest BCUT2D eigenvalue weighted by atomic mass is 10.1. The Hall–Kier alpha value is -2.94. The summed E-state index contributed by atoms with van der Waals surface area (Å²) in [6.45, 7) is -0.0631. The summed E-state index contributed by atoms with van der Waals surface area (Å²) >= 11 is 0. The third-order valence-corrected chi connectivity index (χ3v) is 2.62. The van der Waals surface area contributed by atoms with Gasteiger partial charge < -0.3 is 10.4 Å². The van der Waals surface area contributed by atoms with Crippen molar-refractivity contribution in [3.8, 4) is 11.8 Å². The number of nitriles is 1. The zero-order valence-electron chi connectivity index (χ0n) is 10.3. The molecule has 5 nitrogen and oxygen atoms in total. The number of aromatic hydroxyl groups is 1. The van der Waals surface area contributed by atoms with Gasteiger partial charge in [0.15, 0.2) is 5.69 Å². The van der Waals surface area contributed by atoms with E-state index >= 15 is 0 Å². The van der Waals surface area contributed by atoms with Crippen molar-refractivity contribution in [1.29, 1.82) is 5.26 Å². The number of nitrogens with one attached hydrogen (secondary N) is 1. The first kappa shape index (κ1) is 13.5. The Morgan fingerprint density at radius 2 is 2.25 bits per heavy atom. The summed E-state index contributed by atoms with van der Waals surface area (Å²) in [5, 5.41) is 20.5. The van der Waals surface area contributed by atoms with Crippen molar-refractivity contribution < 1.29 is 14.3 Å². The lowest BCUT2D eigenvalue weighted by Gasteiger charge is -2.07. The second-order valence-electron chi connectivity index (χ2n) is 3.97. The molecule has 0 unspecified atom stereocenters. The summed E-state index contributed by atoms with van der Waals surface area (Å²) in [5.74, 6) is -1.42. The number of halogens is 1. The topological polar surface area (TPSA) is 86.0 Å². The number of pyridine rings is 1. The van der Waals surface area contributed by atoms with E-state index in [0.29, 0.717) is 0 Å². The number of nitrogens with zero attached hydrogens (tertiary/aromatic N) is 2. The predicted molar refractivity (Wildman–Crippen MR) is 68.2 cm³/mol. The van der Waals surface area contributed by atoms with Crippen molar-refractivity contribution in [1.82, 2.24) is 10.3 Å². The Morgan fingerprint density at radius 1 is 1.45 bits per heavy atom. The molecule has 6 heteroatoms. The summed E-state index contributed by atoms with van der Waals surface area (Å²) in [5.41, 5.74) is 0.328. The van der Waals surface area contributed by atoms with Gasteiger partial charge in [-0.25, -0.2) is 9.37 Å². The summed E-state index contributed by atoms with van der Waals surface area (Å²) in [6, 6.07) is 8.63. The molecule has 0 bridgehead atoms. The fourth-order valence-corrected chi connectivity index (χ4v) is 1.59. The van der Waals surface area contributed by atoms with Gasteiger partial charge in [-0.1, -0.05) is 6.07 Å². The van der Waals surface area contributed by atoms with E-state index in [-0.39, 0.29) is 29.1 Å². The van der Waals surface area contributed by atoms with Gasteiger partial charge in [0.2, 0.25) is 0 Å². The molecule has 0 aliphatic heterocycles. The van der Waals surface area contributed by atoms with Crippen LogP contribution >= 0.6 is 0 Å². The van der Waals surface area contributed by atoms with Gasteiger partial charge in [0, 0.05) is 18.3 Å². The third-order valence-electron chi connectivity index (χ3n) is 2.62. The van der Waals surface area contributed by atoms with Gasteiger partial charge in [-0.3, -0.25) is 4.79 Å². The van der Waals surface area contributed by atoms with Gasteiger partial charge in [0.05, 0.1) is 11.6 Å². The lowest BCUT2D eigenvalue weighted by Crippen LogP contribution is -2.24. The second kappa shape index (κ2) is 5.80. The Balaban J connectivity index is 2.08. The van der Waals surface area contributed by atoms with Crippen LogP contribution in [0, 0.1) is 17.1 Å². The summed E-state index contributed by atoms with van der Waals surface area (Å²) in [6.07, 6.45) is 1.37. The number of amides is 1. The van der Waals surface area contributed by atoms with E-state index in [0.717, 1.165) is 6.07 Å². The first-order chi connectivity index (χ1) is 9.61. The molecule has 0 fully saturated rings. The molecule has 1 aromatic heterocycles. The van der Waals surface area contributed by atoms with Crippen LogP contribution in [-0.2, 0) is 6.54 Å². The van der Waals surface area contributed by atoms with Crippen molar-refractivity contribution in [2.45, 2.75) is 6.54 Å². The fraction of sp³-hybridized carbons (Fsp3) is 0.0714. The first-order valence-corrected chi connectivity index (χ1v) is 5.72. The minimum Gasteiger partial charge on any atom is -0.505 e. The molecule has 2 aromatic rings. The number of hydrogen-bond donors (Lipinski definition) is 2. The van der Waals surface area contributed by atoms with Crippen LogP contribution in [0.2, 0.25) is 0 Å². The van der Waals surface area contributed by atoms with Gasteiger partial charge in [-0.15, -0.1) is 0 Å². The summed E-state index contributed by atoms with van der Waals surface area (Å²) in [7, 11) is 0. The molecule has 0 aliphatic carbocycles. The van der Waals surface area contributed by atoms with E-state index in [4.69, 9.17) is 5.26 Å². The fourth-order valence-electron chi connectivity index (χ4n) is 1.59. The van der Waals surface area contributed by atoms with Gasteiger partial charge in [-0.05, 0) is 24.3 Å². The highest BCUT2D eigenvalue weighted by molar-refractivity contribution is 5.94. The zero-order valence-corrected chi connectivity index (χ0v) is 10.3. The number of carbonyl (C=O) groups excluding carboxylic acids is 1. The highest BCUT2D eigenvalue weighted by Gasteiger charge is 2.12. The van der Waals surface area contributed by atoms with Crippen LogP contribution in [0.4, 0.5) is 4.39 Å². The molecule has 1 heterocycles. The van der Waals surface area contributed by atoms with Gasteiger partial charge >= 0.3 is 0 Å². The van der Waals surface area contributed by atoms with Gasteiger partial charge in [0.1, 0.15) is 11.6 Å². The largest absolute Gasteiger partial charge is 0.505 e. The Morgan fingerprint density at radius 3 is 2.90 bits per heavy atom. The van der Waals surface area contributed by atoms with E-state index < -0.39 is 11.7 Å². The second-order valence-corrected chi connectivity index (χ2v) is 3.97. The first-order valence-electron chi connectivity index (χ1n) is 5.72. The molecule has 2 N–H and O–H groups in total. The molecule has 1 amide bonds. The molecule has 0 saturated heterocycles. The number of carbonyl (C=O) groups is 1. The van der Waals surface area contributed by atoms with Crippen LogP contribution in [-0.4, -0.2) is 16.0 Å². The molecule has 0 atom stereocenters. The smallest absolute Gasteiger partial charge is 0.274 e. The summed E-state index contributed by atoms with van der Waals surface area (Å²) in [4.78, 5) is 15.5. The molecular weight excluding hydrogens is 261 g/mol. The highest BCUT2D eigenvalue weighted by atomic mass is 19.1. The molecule has 0 saturated carbocycles. The van der Waals surface area contributed by atoms with Gasteiger partial charge in [-0.2, -0.15) is 5.26 Å². The maximum Gasteiger partial charge on any atom is 0.274 e. The maximum absolute atomic E-state index is 13.6. The molecular formula is C14H10FN3O2. The standard InChI is InChI=1S/C14H10FN3O2/c15-11-6-9(7-16)3-4-10(11)8-18-14(20)13-12(19)2-1-5-17-13/h1-6,19H,8H2,(H,18,20). The molecule has 2 rings (SSSR count). The van der Waals surface area contributed by atoms with E-state index in [2.05, 4.69) is 10.3 Å². The normalized spacial score (nSPS) is 9.80. The molecule has 0 spiro atoms. The molecule has 0 aliphatic rings. The number of rotatable bonds is 3. The van der Waals surface area contributed by atoms with Crippen molar-refractivity contribution in [3.63, 3.8) is 0 Å². The Labute approximate surface area is 114 Å². The molecule has 100 valence electrons. The van der Waals surface area contributed by atoms with Crippen molar-refractivity contribution in [2.24, 2.45) is 0 Å². The molecule has 0 radical (unpaired) electrons. The third kappa shape index (κ3) is 2.90. The number of hydrogen-bond acceptors (Lipinski definition) is 4. The van der Waals surface area contributed by atoms with Crippen LogP contribution in [0.25, 0.3) is 0 Å². The van der Waals surface area contributed by atoms with Crippen LogP contribution in [0.5, 0.6) is 5.75 Å². The average molecular weight is 271 g/mol. The number of benzene rings is 1. The quantitative estimate of drug-likeness (QED) is 0.890. The van der Waals surface area contributed by atoms with E-state index in [1.807, 2.05) is 6.07 Å². The summed E-state index contributed by atoms with van der Waals surface area (Å²) < 4.78 is 13.6. The van der Waals surface area contributed by atoms with Crippen LogP contribution in [0.15, 0.2) is 36.5 Å². The lowest BCUT2D eigenvalue weighted by molar-refractivity contribution is 0.0942. The van der Waals surface area contributed by atoms with Crippen molar-refractivity contribution in [2.75, 3.05) is 0 Å². The monoisotopic (exact) mass is 271 g/mol. The Kier molecular flexibility index (Phi) is 3.91. The Bertz CT molecular complexity index is 695. The highest BCUT2D eigenvalue weighted by Crippen LogP contribution is 2.13. The van der Waals surface area contributed by atoms with Crippen LogP contribution < -0.4 is 5.32 Å². The molecule has 1 aromatic carbocycles. The van der Waals surface area contributed by atoms with Crippen molar-refractivity contribution in [3.05, 3.63) is 59.2 Å². The minimum absolute atomic E-state index is 0.0631. The van der Waals surface area contributed by atoms with Crippen LogP contribution in [0.1, 0.15) is 21.6 Å². The zero-order chi connectivity index (χ0) is 14.5. The van der Waals surface area contributed by atoms with Crippen molar-refractivity contribution >= 4 is 5.91 Å². The van der Waals surface area contributed by atoms with Gasteiger partial charge in [0.25, 0.3) is 5.91 Å². The SMILES string of the molecule is N#Cc1ccc(CNC(=O)c2ncccc2O)c(F)c1. The number of aromatic nitrogens is 1. The maximum atomic E-state index is 13.6. The predicted octanol–water partition coefficient (Wildman–Crippen LogP) is 1.73. The van der Waals surface area contributed by atoms with E-state index in [9.17, 15) is 14.3 Å². The van der Waals surface area contributed by atoms with Crippen LogP contribution in [0.3, 0.4) is 0 Å². The van der Waals surface area contributed by atoms with E-state index in [1.54, 1.807) is 0 Å².